The maximum Gasteiger partial charge on any atom is 0.226 e. The molecule has 1 amide bonds. The number of carbonyl (C=O) groups is 1. The first kappa shape index (κ1) is 15.1. The average Bonchev–Trinajstić information content (AvgIpc) is 2.77. The molecule has 2 heterocycles. The normalized spacial score (nSPS) is 25.4. The molecule has 0 bridgehead atoms. The van der Waals surface area contributed by atoms with E-state index in [0.717, 1.165) is 49.3 Å². The smallest absolute Gasteiger partial charge is 0.226 e. The van der Waals surface area contributed by atoms with Gasteiger partial charge in [0.25, 0.3) is 0 Å². The second-order valence-corrected chi connectivity index (χ2v) is 6.52. The van der Waals surface area contributed by atoms with E-state index in [0.29, 0.717) is 19.0 Å². The first-order valence-electron chi connectivity index (χ1n) is 8.03. The van der Waals surface area contributed by atoms with E-state index in [-0.39, 0.29) is 11.8 Å². The Bertz CT molecular complexity index is 571. The molecular weight excluding hydrogens is 278 g/mol. The molecule has 0 saturated heterocycles. The van der Waals surface area contributed by atoms with Crippen LogP contribution in [0, 0.1) is 11.8 Å². The number of aryl methyl sites for hydroxylation is 1. The molecule has 0 radical (unpaired) electrons. The van der Waals surface area contributed by atoms with Crippen LogP contribution in [0.4, 0.5) is 5.82 Å². The van der Waals surface area contributed by atoms with Crippen molar-refractivity contribution in [2.75, 3.05) is 18.4 Å². The fraction of sp³-hybridized carbons (Fsp3) is 0.625. The minimum absolute atomic E-state index is 0.133. The van der Waals surface area contributed by atoms with E-state index < -0.39 is 0 Å². The number of amides is 1. The molecule has 22 heavy (non-hydrogen) atoms. The number of nitrogens with two attached hydrogens (primary N) is 1. The van der Waals surface area contributed by atoms with Crippen molar-refractivity contribution in [1.82, 2.24) is 14.7 Å². The van der Waals surface area contributed by atoms with Gasteiger partial charge in [0, 0.05) is 24.2 Å². The number of hydrogen-bond acceptors (Lipinski definition) is 4. The van der Waals surface area contributed by atoms with Gasteiger partial charge in [0.15, 0.2) is 0 Å². The first-order valence-corrected chi connectivity index (χ1v) is 8.03. The zero-order valence-corrected chi connectivity index (χ0v) is 13.2. The van der Waals surface area contributed by atoms with Crippen molar-refractivity contribution in [3.8, 4) is 0 Å². The standard InChI is InChI=1S/C16H25N5O/c1-11-9-21(10-14-8-18-20(2)15(14)19-11)16(22)13-5-3-12(7-17)4-6-13/h8,12-13,19H,1,3-7,9-10,17H2,2H3. The van der Waals surface area contributed by atoms with Crippen molar-refractivity contribution in [1.29, 1.82) is 0 Å². The molecule has 1 aliphatic carbocycles. The summed E-state index contributed by atoms with van der Waals surface area (Å²) in [7, 11) is 1.89. The number of hydrogen-bond donors (Lipinski definition) is 2. The SMILES string of the molecule is C=C1CN(C(=O)C2CCC(CN)CC2)Cc2cnn(C)c2N1. The summed E-state index contributed by atoms with van der Waals surface area (Å²) in [6.07, 6.45) is 5.87. The molecule has 120 valence electrons. The molecule has 3 rings (SSSR count). The summed E-state index contributed by atoms with van der Waals surface area (Å²) in [5, 5.41) is 7.53. The van der Waals surface area contributed by atoms with Crippen molar-refractivity contribution in [3.05, 3.63) is 24.0 Å². The predicted octanol–water partition coefficient (Wildman–Crippen LogP) is 1.45. The van der Waals surface area contributed by atoms with E-state index in [1.165, 1.54) is 0 Å². The Morgan fingerprint density at radius 3 is 2.82 bits per heavy atom. The zero-order valence-electron chi connectivity index (χ0n) is 13.2. The van der Waals surface area contributed by atoms with Crippen molar-refractivity contribution in [2.45, 2.75) is 32.2 Å². The van der Waals surface area contributed by atoms with Crippen LogP contribution in [0.5, 0.6) is 0 Å². The highest BCUT2D eigenvalue weighted by atomic mass is 16.2. The molecule has 1 aliphatic heterocycles. The monoisotopic (exact) mass is 303 g/mol. The number of aromatic nitrogens is 2. The number of rotatable bonds is 2. The van der Waals surface area contributed by atoms with Crippen molar-refractivity contribution in [2.24, 2.45) is 24.6 Å². The molecule has 1 aromatic heterocycles. The summed E-state index contributed by atoms with van der Waals surface area (Å²) >= 11 is 0. The van der Waals surface area contributed by atoms with Gasteiger partial charge in [0.05, 0.1) is 19.3 Å². The van der Waals surface area contributed by atoms with Crippen LogP contribution >= 0.6 is 0 Å². The molecular formula is C16H25N5O. The van der Waals surface area contributed by atoms with E-state index in [9.17, 15) is 4.79 Å². The number of fused-ring (bicyclic) bond motifs is 1. The minimum atomic E-state index is 0.133. The van der Waals surface area contributed by atoms with Crippen LogP contribution in [0.25, 0.3) is 0 Å². The van der Waals surface area contributed by atoms with Crippen LogP contribution in [0.3, 0.4) is 0 Å². The summed E-state index contributed by atoms with van der Waals surface area (Å²) in [6, 6.07) is 0. The van der Waals surface area contributed by atoms with E-state index >= 15 is 0 Å². The van der Waals surface area contributed by atoms with Gasteiger partial charge < -0.3 is 16.0 Å². The van der Waals surface area contributed by atoms with Gasteiger partial charge in [-0.05, 0) is 38.1 Å². The second-order valence-electron chi connectivity index (χ2n) is 6.52. The summed E-state index contributed by atoms with van der Waals surface area (Å²) in [5.41, 5.74) is 7.62. The highest BCUT2D eigenvalue weighted by Crippen LogP contribution is 2.31. The Kier molecular flexibility index (Phi) is 4.20. The van der Waals surface area contributed by atoms with Gasteiger partial charge >= 0.3 is 0 Å². The van der Waals surface area contributed by atoms with Crippen LogP contribution < -0.4 is 11.1 Å². The van der Waals surface area contributed by atoms with Crippen LogP contribution in [-0.2, 0) is 18.4 Å². The summed E-state index contributed by atoms with van der Waals surface area (Å²) in [5.74, 6) is 1.91. The molecule has 2 aliphatic rings. The quantitative estimate of drug-likeness (QED) is 0.867. The number of carbonyl (C=O) groups excluding carboxylic acids is 1. The highest BCUT2D eigenvalue weighted by molar-refractivity contribution is 5.79. The van der Waals surface area contributed by atoms with Crippen LogP contribution in [0.1, 0.15) is 31.2 Å². The predicted molar refractivity (Wildman–Crippen MR) is 85.9 cm³/mol. The van der Waals surface area contributed by atoms with Crippen molar-refractivity contribution >= 4 is 11.7 Å². The maximum atomic E-state index is 12.9. The topological polar surface area (TPSA) is 76.2 Å². The number of nitrogens with zero attached hydrogens (tertiary/aromatic N) is 3. The van der Waals surface area contributed by atoms with E-state index in [1.54, 1.807) is 4.68 Å². The summed E-state index contributed by atoms with van der Waals surface area (Å²) in [6.45, 7) is 5.94. The third-order valence-corrected chi connectivity index (χ3v) is 4.89. The molecule has 1 fully saturated rings. The van der Waals surface area contributed by atoms with Gasteiger partial charge in [0.1, 0.15) is 5.82 Å². The van der Waals surface area contributed by atoms with E-state index in [1.807, 2.05) is 18.1 Å². The van der Waals surface area contributed by atoms with Crippen LogP contribution in [0.2, 0.25) is 0 Å². The number of anilines is 1. The molecule has 1 saturated carbocycles. The molecule has 0 unspecified atom stereocenters. The molecule has 0 spiro atoms. The molecule has 0 aromatic carbocycles. The van der Waals surface area contributed by atoms with Gasteiger partial charge in [0.2, 0.25) is 5.91 Å². The Balaban J connectivity index is 1.71. The first-order chi connectivity index (χ1) is 10.6. The molecule has 6 heteroatoms. The molecule has 1 aromatic rings. The maximum absolute atomic E-state index is 12.9. The van der Waals surface area contributed by atoms with Crippen molar-refractivity contribution < 1.29 is 4.79 Å². The van der Waals surface area contributed by atoms with Gasteiger partial charge in [-0.2, -0.15) is 5.10 Å². The average molecular weight is 303 g/mol. The summed E-state index contributed by atoms with van der Waals surface area (Å²) < 4.78 is 1.79. The largest absolute Gasteiger partial charge is 0.343 e. The molecule has 6 nitrogen and oxygen atoms in total. The third-order valence-electron chi connectivity index (χ3n) is 4.89. The van der Waals surface area contributed by atoms with Gasteiger partial charge in [-0.15, -0.1) is 0 Å². The van der Waals surface area contributed by atoms with Crippen LogP contribution in [-0.4, -0.2) is 33.7 Å². The number of nitrogens with one attached hydrogen (secondary N) is 1. The lowest BCUT2D eigenvalue weighted by Gasteiger charge is -2.31. The Morgan fingerprint density at radius 1 is 1.41 bits per heavy atom. The van der Waals surface area contributed by atoms with Gasteiger partial charge in [-0.3, -0.25) is 9.48 Å². The Hall–Kier alpha value is -1.82. The Labute approximate surface area is 131 Å². The lowest BCUT2D eigenvalue weighted by molar-refractivity contribution is -0.137. The van der Waals surface area contributed by atoms with Crippen LogP contribution in [0.15, 0.2) is 18.5 Å². The Morgan fingerprint density at radius 2 is 2.14 bits per heavy atom. The fourth-order valence-electron chi connectivity index (χ4n) is 3.52. The minimum Gasteiger partial charge on any atom is -0.343 e. The fourth-order valence-corrected chi connectivity index (χ4v) is 3.52. The lowest BCUT2D eigenvalue weighted by atomic mass is 9.81. The zero-order chi connectivity index (χ0) is 15.7. The summed E-state index contributed by atoms with van der Waals surface area (Å²) in [4.78, 5) is 14.8. The van der Waals surface area contributed by atoms with Gasteiger partial charge in [-0.25, -0.2) is 0 Å². The third kappa shape index (κ3) is 2.88. The van der Waals surface area contributed by atoms with Crippen molar-refractivity contribution in [3.63, 3.8) is 0 Å². The van der Waals surface area contributed by atoms with E-state index in [4.69, 9.17) is 5.73 Å². The molecule has 3 N–H and O–H groups in total. The highest BCUT2D eigenvalue weighted by Gasteiger charge is 2.31. The second kappa shape index (κ2) is 6.12. The lowest BCUT2D eigenvalue weighted by Crippen LogP contribution is -2.38. The molecule has 0 atom stereocenters. The van der Waals surface area contributed by atoms with Gasteiger partial charge in [-0.1, -0.05) is 6.58 Å². The van der Waals surface area contributed by atoms with E-state index in [2.05, 4.69) is 17.0 Å².